The molecular weight excluding hydrogens is 336 g/mol. The molecule has 2 aromatic rings. The van der Waals surface area contributed by atoms with Gasteiger partial charge in [0.2, 0.25) is 5.91 Å². The van der Waals surface area contributed by atoms with Gasteiger partial charge in [0, 0.05) is 31.9 Å². The number of carbonyl (C=O) groups excluding carboxylic acids is 1. The van der Waals surface area contributed by atoms with Crippen LogP contribution in [-0.4, -0.2) is 43.6 Å². The first-order valence-corrected chi connectivity index (χ1v) is 9.74. The van der Waals surface area contributed by atoms with E-state index in [9.17, 15) is 4.79 Å². The predicted molar refractivity (Wildman–Crippen MR) is 111 cm³/mol. The summed E-state index contributed by atoms with van der Waals surface area (Å²) in [4.78, 5) is 16.9. The summed E-state index contributed by atoms with van der Waals surface area (Å²) in [6.45, 7) is 12.1. The Balaban J connectivity index is 1.48. The summed E-state index contributed by atoms with van der Waals surface area (Å²) >= 11 is 0. The monoisotopic (exact) mass is 366 g/mol. The van der Waals surface area contributed by atoms with Gasteiger partial charge < -0.3 is 14.5 Å². The van der Waals surface area contributed by atoms with E-state index in [0.29, 0.717) is 13.0 Å². The van der Waals surface area contributed by atoms with Gasteiger partial charge in [0.25, 0.3) is 0 Å². The average molecular weight is 367 g/mol. The molecule has 0 aliphatic carbocycles. The minimum Gasteiger partial charge on any atom is -0.493 e. The standard InChI is InChI=1S/C23H30N2O2/c1-17-8-9-19(3)22(16-17)27-15-10-23(26)25-13-11-24(12-14-25)21-7-5-6-18(2)20(21)4/h5-9,16H,10-15H2,1-4H3. The molecule has 0 unspecified atom stereocenters. The molecule has 27 heavy (non-hydrogen) atoms. The Kier molecular flexibility index (Phi) is 6.04. The Morgan fingerprint density at radius 3 is 2.44 bits per heavy atom. The number of benzene rings is 2. The number of carbonyl (C=O) groups is 1. The first-order valence-electron chi connectivity index (χ1n) is 9.74. The molecule has 4 heteroatoms. The van der Waals surface area contributed by atoms with E-state index in [4.69, 9.17) is 4.74 Å². The van der Waals surface area contributed by atoms with E-state index in [0.717, 1.165) is 37.5 Å². The number of anilines is 1. The van der Waals surface area contributed by atoms with Crippen LogP contribution in [0.4, 0.5) is 5.69 Å². The smallest absolute Gasteiger partial charge is 0.226 e. The molecule has 0 spiro atoms. The molecule has 2 aromatic carbocycles. The zero-order valence-corrected chi connectivity index (χ0v) is 16.9. The van der Waals surface area contributed by atoms with Crippen molar-refractivity contribution >= 4 is 11.6 Å². The minimum absolute atomic E-state index is 0.181. The van der Waals surface area contributed by atoms with Gasteiger partial charge in [0.15, 0.2) is 0 Å². The second kappa shape index (κ2) is 8.47. The number of ether oxygens (including phenoxy) is 1. The van der Waals surface area contributed by atoms with Gasteiger partial charge in [-0.15, -0.1) is 0 Å². The van der Waals surface area contributed by atoms with Gasteiger partial charge in [-0.05, 0) is 62.1 Å². The molecule has 1 heterocycles. The van der Waals surface area contributed by atoms with Crippen LogP contribution in [-0.2, 0) is 4.79 Å². The molecule has 3 rings (SSSR count). The lowest BCUT2D eigenvalue weighted by Gasteiger charge is -2.37. The SMILES string of the molecule is Cc1ccc(C)c(OCCC(=O)N2CCN(c3cccc(C)c3C)CC2)c1. The molecule has 1 saturated heterocycles. The Morgan fingerprint density at radius 1 is 0.963 bits per heavy atom. The number of amides is 1. The number of rotatable bonds is 5. The van der Waals surface area contributed by atoms with E-state index in [2.05, 4.69) is 49.1 Å². The fourth-order valence-corrected chi connectivity index (χ4v) is 3.54. The zero-order valence-electron chi connectivity index (χ0n) is 16.9. The van der Waals surface area contributed by atoms with E-state index in [1.54, 1.807) is 0 Å². The van der Waals surface area contributed by atoms with Crippen molar-refractivity contribution in [2.75, 3.05) is 37.7 Å². The van der Waals surface area contributed by atoms with E-state index in [1.165, 1.54) is 22.4 Å². The number of aryl methyl sites for hydroxylation is 3. The van der Waals surface area contributed by atoms with Crippen LogP contribution in [0, 0.1) is 27.7 Å². The summed E-state index contributed by atoms with van der Waals surface area (Å²) in [5.74, 6) is 1.06. The Morgan fingerprint density at radius 2 is 1.70 bits per heavy atom. The minimum atomic E-state index is 0.181. The molecule has 0 saturated carbocycles. The van der Waals surface area contributed by atoms with Gasteiger partial charge in [0.1, 0.15) is 5.75 Å². The molecule has 1 fully saturated rings. The van der Waals surface area contributed by atoms with E-state index in [-0.39, 0.29) is 5.91 Å². The second-order valence-electron chi connectivity index (χ2n) is 7.45. The van der Waals surface area contributed by atoms with Gasteiger partial charge in [-0.25, -0.2) is 0 Å². The van der Waals surface area contributed by atoms with Crippen LogP contribution in [0.3, 0.4) is 0 Å². The van der Waals surface area contributed by atoms with Crippen molar-refractivity contribution in [3.05, 3.63) is 58.7 Å². The molecule has 4 nitrogen and oxygen atoms in total. The summed E-state index contributed by atoms with van der Waals surface area (Å²) in [5.41, 5.74) is 6.22. The number of nitrogens with zero attached hydrogens (tertiary/aromatic N) is 2. The molecule has 1 aliphatic rings. The fraction of sp³-hybridized carbons (Fsp3) is 0.435. The maximum atomic E-state index is 12.5. The highest BCUT2D eigenvalue weighted by Gasteiger charge is 2.22. The maximum absolute atomic E-state index is 12.5. The van der Waals surface area contributed by atoms with Crippen molar-refractivity contribution < 1.29 is 9.53 Å². The van der Waals surface area contributed by atoms with Crippen LogP contribution in [0.15, 0.2) is 36.4 Å². The third kappa shape index (κ3) is 4.62. The lowest BCUT2D eigenvalue weighted by Crippen LogP contribution is -2.49. The van der Waals surface area contributed by atoms with Crippen molar-refractivity contribution in [3.8, 4) is 5.75 Å². The van der Waals surface area contributed by atoms with E-state index in [1.807, 2.05) is 24.8 Å². The summed E-state index contributed by atoms with van der Waals surface area (Å²) in [6.07, 6.45) is 0.427. The highest BCUT2D eigenvalue weighted by Crippen LogP contribution is 2.24. The Bertz CT molecular complexity index is 808. The van der Waals surface area contributed by atoms with Crippen LogP contribution in [0.25, 0.3) is 0 Å². The molecule has 0 N–H and O–H groups in total. The highest BCUT2D eigenvalue weighted by atomic mass is 16.5. The number of hydrogen-bond donors (Lipinski definition) is 0. The van der Waals surface area contributed by atoms with Gasteiger partial charge >= 0.3 is 0 Å². The van der Waals surface area contributed by atoms with Gasteiger partial charge in [-0.3, -0.25) is 4.79 Å². The third-order valence-electron chi connectivity index (χ3n) is 5.47. The first-order chi connectivity index (χ1) is 13.0. The van der Waals surface area contributed by atoms with Gasteiger partial charge in [0.05, 0.1) is 13.0 Å². The van der Waals surface area contributed by atoms with Gasteiger partial charge in [-0.2, -0.15) is 0 Å². The molecule has 0 atom stereocenters. The van der Waals surface area contributed by atoms with Crippen molar-refractivity contribution in [2.45, 2.75) is 34.1 Å². The van der Waals surface area contributed by atoms with Crippen LogP contribution >= 0.6 is 0 Å². The van der Waals surface area contributed by atoms with Crippen LogP contribution in [0.5, 0.6) is 5.75 Å². The fourth-order valence-electron chi connectivity index (χ4n) is 3.54. The summed E-state index contributed by atoms with van der Waals surface area (Å²) < 4.78 is 5.84. The van der Waals surface area contributed by atoms with E-state index < -0.39 is 0 Å². The van der Waals surface area contributed by atoms with Crippen molar-refractivity contribution in [1.29, 1.82) is 0 Å². The van der Waals surface area contributed by atoms with Gasteiger partial charge in [-0.1, -0.05) is 24.3 Å². The maximum Gasteiger partial charge on any atom is 0.226 e. The Hall–Kier alpha value is -2.49. The first kappa shape index (κ1) is 19.3. The molecule has 0 bridgehead atoms. The van der Waals surface area contributed by atoms with Crippen molar-refractivity contribution in [3.63, 3.8) is 0 Å². The summed E-state index contributed by atoms with van der Waals surface area (Å²) in [5, 5.41) is 0. The summed E-state index contributed by atoms with van der Waals surface area (Å²) in [6, 6.07) is 12.6. The number of piperazine rings is 1. The zero-order chi connectivity index (χ0) is 19.4. The van der Waals surface area contributed by atoms with Crippen LogP contribution in [0.2, 0.25) is 0 Å². The molecule has 1 amide bonds. The second-order valence-corrected chi connectivity index (χ2v) is 7.45. The lowest BCUT2D eigenvalue weighted by atomic mass is 10.1. The normalized spacial score (nSPS) is 14.4. The molecule has 0 aromatic heterocycles. The van der Waals surface area contributed by atoms with Crippen LogP contribution in [0.1, 0.15) is 28.7 Å². The van der Waals surface area contributed by atoms with Crippen LogP contribution < -0.4 is 9.64 Å². The van der Waals surface area contributed by atoms with Crippen molar-refractivity contribution in [2.24, 2.45) is 0 Å². The molecular formula is C23H30N2O2. The highest BCUT2D eigenvalue weighted by molar-refractivity contribution is 5.76. The predicted octanol–water partition coefficient (Wildman–Crippen LogP) is 4.04. The quantitative estimate of drug-likeness (QED) is 0.801. The van der Waals surface area contributed by atoms with Crippen molar-refractivity contribution in [1.82, 2.24) is 4.90 Å². The van der Waals surface area contributed by atoms with E-state index >= 15 is 0 Å². The topological polar surface area (TPSA) is 32.8 Å². The molecule has 0 radical (unpaired) electrons. The third-order valence-corrected chi connectivity index (χ3v) is 5.47. The molecule has 1 aliphatic heterocycles. The largest absolute Gasteiger partial charge is 0.493 e. The average Bonchev–Trinajstić information content (AvgIpc) is 2.67. The number of hydrogen-bond acceptors (Lipinski definition) is 3. The Labute approximate surface area is 162 Å². The molecule has 144 valence electrons. The summed E-state index contributed by atoms with van der Waals surface area (Å²) in [7, 11) is 0. The lowest BCUT2D eigenvalue weighted by molar-refractivity contribution is -0.132.